The van der Waals surface area contributed by atoms with Gasteiger partial charge in [0.2, 0.25) is 0 Å². The second-order valence-corrected chi connectivity index (χ2v) is 12.3. The summed E-state index contributed by atoms with van der Waals surface area (Å²) < 4.78 is 17.5. The molecule has 122 valence electrons. The largest absolute Gasteiger partial charge is 0.410 e. The molecule has 0 spiro atoms. The van der Waals surface area contributed by atoms with Gasteiger partial charge in [-0.05, 0) is 37.0 Å². The second kappa shape index (κ2) is 6.78. The van der Waals surface area contributed by atoms with Crippen LogP contribution in [0.5, 0.6) is 0 Å². The maximum Gasteiger partial charge on any atom is 0.192 e. The van der Waals surface area contributed by atoms with Crippen molar-refractivity contribution in [1.82, 2.24) is 0 Å². The van der Waals surface area contributed by atoms with Crippen LogP contribution in [0.3, 0.4) is 0 Å². The minimum absolute atomic E-state index is 0.127. The van der Waals surface area contributed by atoms with Crippen LogP contribution in [0.25, 0.3) is 0 Å². The van der Waals surface area contributed by atoms with Crippen LogP contribution in [0.4, 0.5) is 0 Å². The van der Waals surface area contributed by atoms with Crippen LogP contribution in [-0.4, -0.2) is 33.9 Å². The third-order valence-corrected chi connectivity index (χ3v) is 9.27. The number of methoxy groups -OCH3 is 1. The number of rotatable bonds is 7. The van der Waals surface area contributed by atoms with Crippen molar-refractivity contribution >= 4 is 8.32 Å². The SMILES string of the molecule is C=CCC1=CC(O[Si](C)(C)C(C)(C)C)CC1(C)OCOC. The van der Waals surface area contributed by atoms with E-state index in [0.717, 1.165) is 12.8 Å². The molecule has 1 rings (SSSR count). The second-order valence-electron chi connectivity index (χ2n) is 7.59. The summed E-state index contributed by atoms with van der Waals surface area (Å²) in [5, 5.41) is 0.214. The smallest absolute Gasteiger partial charge is 0.192 e. The van der Waals surface area contributed by atoms with Gasteiger partial charge in [-0.2, -0.15) is 0 Å². The molecule has 0 aliphatic heterocycles. The number of hydrogen-bond donors (Lipinski definition) is 0. The highest BCUT2D eigenvalue weighted by Gasteiger charge is 2.44. The van der Waals surface area contributed by atoms with Crippen LogP contribution in [0.2, 0.25) is 18.1 Å². The van der Waals surface area contributed by atoms with E-state index in [0.29, 0.717) is 6.79 Å². The van der Waals surface area contributed by atoms with E-state index < -0.39 is 8.32 Å². The first-order chi connectivity index (χ1) is 9.55. The summed E-state index contributed by atoms with van der Waals surface area (Å²) in [6, 6.07) is 0. The lowest BCUT2D eigenvalue weighted by atomic mass is 9.95. The Balaban J connectivity index is 2.86. The molecule has 21 heavy (non-hydrogen) atoms. The first-order valence-corrected chi connectivity index (χ1v) is 10.6. The summed E-state index contributed by atoms with van der Waals surface area (Å²) in [7, 11) is -0.122. The maximum atomic E-state index is 6.52. The molecule has 0 saturated heterocycles. The van der Waals surface area contributed by atoms with Gasteiger partial charge in [0.15, 0.2) is 8.32 Å². The average Bonchev–Trinajstić information content (AvgIpc) is 2.62. The van der Waals surface area contributed by atoms with Gasteiger partial charge in [0.05, 0.1) is 11.7 Å². The molecule has 0 aromatic rings. The summed E-state index contributed by atoms with van der Waals surface area (Å²) in [5.74, 6) is 0. The molecule has 4 heteroatoms. The first kappa shape index (κ1) is 18.6. The number of allylic oxidation sites excluding steroid dienone is 1. The lowest BCUT2D eigenvalue weighted by molar-refractivity contribution is -0.110. The molecule has 0 amide bonds. The van der Waals surface area contributed by atoms with E-state index in [2.05, 4.69) is 53.4 Å². The topological polar surface area (TPSA) is 27.7 Å². The van der Waals surface area contributed by atoms with Gasteiger partial charge in [-0.3, -0.25) is 0 Å². The van der Waals surface area contributed by atoms with E-state index in [1.165, 1.54) is 5.57 Å². The Bertz CT molecular complexity index is 395. The lowest BCUT2D eigenvalue weighted by Crippen LogP contribution is -2.44. The molecule has 1 aliphatic carbocycles. The lowest BCUT2D eigenvalue weighted by Gasteiger charge is -2.38. The van der Waals surface area contributed by atoms with Crippen LogP contribution in [0.1, 0.15) is 40.5 Å². The normalized spacial score (nSPS) is 26.8. The fourth-order valence-electron chi connectivity index (χ4n) is 2.39. The Morgan fingerprint density at radius 3 is 2.52 bits per heavy atom. The molecular formula is C17H32O3Si. The van der Waals surface area contributed by atoms with Gasteiger partial charge in [0, 0.05) is 13.5 Å². The van der Waals surface area contributed by atoms with Crippen molar-refractivity contribution in [3.63, 3.8) is 0 Å². The third kappa shape index (κ3) is 4.52. The zero-order chi connectivity index (χ0) is 16.3. The standard InChI is InChI=1S/C17H32O3Si/c1-9-10-14-11-15(12-17(14,5)19-13-18-6)20-21(7,8)16(2,3)4/h9,11,15H,1,10,12-13H2,2-8H3. The Morgan fingerprint density at radius 1 is 1.43 bits per heavy atom. The summed E-state index contributed by atoms with van der Waals surface area (Å²) in [4.78, 5) is 0. The molecular weight excluding hydrogens is 280 g/mol. The number of hydrogen-bond acceptors (Lipinski definition) is 3. The maximum absolute atomic E-state index is 6.52. The third-order valence-electron chi connectivity index (χ3n) is 4.77. The molecule has 1 aliphatic rings. The Kier molecular flexibility index (Phi) is 6.01. The van der Waals surface area contributed by atoms with Gasteiger partial charge in [-0.15, -0.1) is 6.58 Å². The van der Waals surface area contributed by atoms with Gasteiger partial charge >= 0.3 is 0 Å². The van der Waals surface area contributed by atoms with Crippen LogP contribution in [0.15, 0.2) is 24.3 Å². The minimum atomic E-state index is -1.77. The molecule has 0 N–H and O–H groups in total. The fourth-order valence-corrected chi connectivity index (χ4v) is 3.65. The highest BCUT2D eigenvalue weighted by Crippen LogP contribution is 2.42. The van der Waals surface area contributed by atoms with Crippen molar-refractivity contribution < 1.29 is 13.9 Å². The molecule has 2 atom stereocenters. The summed E-state index contributed by atoms with van der Waals surface area (Å²) >= 11 is 0. The van der Waals surface area contributed by atoms with Crippen LogP contribution in [-0.2, 0) is 13.9 Å². The highest BCUT2D eigenvalue weighted by molar-refractivity contribution is 6.74. The molecule has 0 aromatic heterocycles. The molecule has 0 fully saturated rings. The van der Waals surface area contributed by atoms with Gasteiger partial charge in [-0.25, -0.2) is 0 Å². The van der Waals surface area contributed by atoms with Crippen molar-refractivity contribution in [2.45, 2.75) is 70.4 Å². The van der Waals surface area contributed by atoms with Gasteiger partial charge in [0.1, 0.15) is 6.79 Å². The van der Waals surface area contributed by atoms with E-state index in [1.807, 2.05) is 6.08 Å². The summed E-state index contributed by atoms with van der Waals surface area (Å²) in [6.07, 6.45) is 5.97. The van der Waals surface area contributed by atoms with Crippen LogP contribution >= 0.6 is 0 Å². The monoisotopic (exact) mass is 312 g/mol. The zero-order valence-electron chi connectivity index (χ0n) is 14.8. The predicted molar refractivity (Wildman–Crippen MR) is 91.0 cm³/mol. The van der Waals surface area contributed by atoms with Crippen molar-refractivity contribution in [1.29, 1.82) is 0 Å². The van der Waals surface area contributed by atoms with Crippen molar-refractivity contribution in [3.05, 3.63) is 24.3 Å². The summed E-state index contributed by atoms with van der Waals surface area (Å²) in [5.41, 5.74) is 0.940. The summed E-state index contributed by atoms with van der Waals surface area (Å²) in [6.45, 7) is 17.7. The van der Waals surface area contributed by atoms with E-state index in [4.69, 9.17) is 13.9 Å². The zero-order valence-corrected chi connectivity index (χ0v) is 15.8. The van der Waals surface area contributed by atoms with E-state index >= 15 is 0 Å². The van der Waals surface area contributed by atoms with Crippen LogP contribution < -0.4 is 0 Å². The van der Waals surface area contributed by atoms with Gasteiger partial charge in [-0.1, -0.05) is 32.9 Å². The van der Waals surface area contributed by atoms with E-state index in [1.54, 1.807) is 7.11 Å². The quantitative estimate of drug-likeness (QED) is 0.389. The fraction of sp³-hybridized carbons (Fsp3) is 0.765. The first-order valence-electron chi connectivity index (χ1n) is 7.68. The molecule has 3 nitrogen and oxygen atoms in total. The Hall–Kier alpha value is -0.423. The predicted octanol–water partition coefficient (Wildman–Crippen LogP) is 4.66. The van der Waals surface area contributed by atoms with E-state index in [9.17, 15) is 0 Å². The molecule has 0 saturated carbocycles. The van der Waals surface area contributed by atoms with Gasteiger partial charge < -0.3 is 13.9 Å². The number of ether oxygens (including phenoxy) is 2. The van der Waals surface area contributed by atoms with Crippen molar-refractivity contribution in [3.8, 4) is 0 Å². The molecule has 2 unspecified atom stereocenters. The van der Waals surface area contributed by atoms with Crippen molar-refractivity contribution in [2.24, 2.45) is 0 Å². The molecule has 0 radical (unpaired) electrons. The molecule has 0 bridgehead atoms. The van der Waals surface area contributed by atoms with Gasteiger partial charge in [0.25, 0.3) is 0 Å². The Morgan fingerprint density at radius 2 is 2.05 bits per heavy atom. The van der Waals surface area contributed by atoms with Crippen LogP contribution in [0, 0.1) is 0 Å². The minimum Gasteiger partial charge on any atom is -0.410 e. The molecule has 0 aromatic carbocycles. The molecule has 0 heterocycles. The average molecular weight is 313 g/mol. The van der Waals surface area contributed by atoms with E-state index in [-0.39, 0.29) is 16.7 Å². The Labute approximate surface area is 131 Å². The van der Waals surface area contributed by atoms with Crippen molar-refractivity contribution in [2.75, 3.05) is 13.9 Å². The highest BCUT2D eigenvalue weighted by atomic mass is 28.4.